The summed E-state index contributed by atoms with van der Waals surface area (Å²) >= 11 is 0. The zero-order chi connectivity index (χ0) is 15.8. The Morgan fingerprint density at radius 1 is 1.26 bits per heavy atom. The van der Waals surface area contributed by atoms with Crippen LogP contribution in [-0.4, -0.2) is 26.4 Å². The van der Waals surface area contributed by atoms with E-state index in [1.165, 1.54) is 27.7 Å². The summed E-state index contributed by atoms with van der Waals surface area (Å²) in [7, 11) is 0. The fourth-order valence-corrected chi connectivity index (χ4v) is 3.31. The van der Waals surface area contributed by atoms with E-state index < -0.39 is 0 Å². The monoisotopic (exact) mass is 306 g/mol. The lowest BCUT2D eigenvalue weighted by Gasteiger charge is -2.28. The van der Waals surface area contributed by atoms with Gasteiger partial charge in [0.1, 0.15) is 5.82 Å². The number of para-hydroxylation sites is 1. The zero-order valence-corrected chi connectivity index (χ0v) is 13.7. The number of nitrogens with one attached hydrogen (secondary N) is 1. The molecule has 0 spiro atoms. The molecule has 0 radical (unpaired) electrons. The summed E-state index contributed by atoms with van der Waals surface area (Å²) in [6.07, 6.45) is 5.08. The lowest BCUT2D eigenvalue weighted by molar-refractivity contribution is 0.241. The van der Waals surface area contributed by atoms with E-state index in [0.717, 1.165) is 31.9 Å². The summed E-state index contributed by atoms with van der Waals surface area (Å²) < 4.78 is 0. The molecule has 3 heterocycles. The van der Waals surface area contributed by atoms with E-state index >= 15 is 0 Å². The molecule has 0 amide bonds. The lowest BCUT2D eigenvalue weighted by Crippen LogP contribution is -2.31. The van der Waals surface area contributed by atoms with Crippen molar-refractivity contribution in [3.8, 4) is 0 Å². The molecule has 0 bridgehead atoms. The average Bonchev–Trinajstić information content (AvgIpc) is 3.04. The van der Waals surface area contributed by atoms with Gasteiger partial charge in [-0.25, -0.2) is 9.97 Å². The van der Waals surface area contributed by atoms with Crippen molar-refractivity contribution in [2.24, 2.45) is 0 Å². The van der Waals surface area contributed by atoms with Gasteiger partial charge in [0.15, 0.2) is 0 Å². The molecule has 23 heavy (non-hydrogen) atoms. The van der Waals surface area contributed by atoms with Gasteiger partial charge in [0.25, 0.3) is 0 Å². The van der Waals surface area contributed by atoms with E-state index in [2.05, 4.69) is 53.0 Å². The first-order valence-corrected chi connectivity index (χ1v) is 8.33. The quantitative estimate of drug-likeness (QED) is 0.803. The van der Waals surface area contributed by atoms with Crippen LogP contribution in [0.4, 0.5) is 0 Å². The first kappa shape index (κ1) is 14.4. The van der Waals surface area contributed by atoms with Gasteiger partial charge in [0.05, 0.1) is 5.69 Å². The molecule has 1 aliphatic heterocycles. The molecule has 0 unspecified atom stereocenters. The number of rotatable bonds is 3. The van der Waals surface area contributed by atoms with Gasteiger partial charge in [-0.15, -0.1) is 0 Å². The van der Waals surface area contributed by atoms with Crippen LogP contribution in [-0.2, 0) is 19.5 Å². The molecule has 4 rings (SSSR count). The highest BCUT2D eigenvalue weighted by Gasteiger charge is 2.20. The molecule has 0 saturated carbocycles. The second-order valence-corrected chi connectivity index (χ2v) is 6.67. The van der Waals surface area contributed by atoms with Gasteiger partial charge in [-0.1, -0.05) is 32.0 Å². The smallest absolute Gasteiger partial charge is 0.131 e. The van der Waals surface area contributed by atoms with E-state index in [4.69, 9.17) is 4.98 Å². The van der Waals surface area contributed by atoms with Crippen molar-refractivity contribution < 1.29 is 0 Å². The second kappa shape index (κ2) is 5.78. The Morgan fingerprint density at radius 3 is 3.04 bits per heavy atom. The first-order chi connectivity index (χ1) is 11.2. The molecule has 1 aromatic carbocycles. The molecule has 1 N–H and O–H groups in total. The van der Waals surface area contributed by atoms with Crippen LogP contribution in [0.25, 0.3) is 10.9 Å². The minimum Gasteiger partial charge on any atom is -0.361 e. The Labute approximate surface area is 136 Å². The molecule has 118 valence electrons. The van der Waals surface area contributed by atoms with Crippen LogP contribution in [0.2, 0.25) is 0 Å². The van der Waals surface area contributed by atoms with E-state index in [1.807, 2.05) is 12.4 Å². The molecule has 4 heteroatoms. The number of hydrogen-bond acceptors (Lipinski definition) is 3. The van der Waals surface area contributed by atoms with Crippen LogP contribution in [0.15, 0.2) is 36.7 Å². The van der Waals surface area contributed by atoms with Crippen molar-refractivity contribution in [1.82, 2.24) is 19.9 Å². The highest BCUT2D eigenvalue weighted by molar-refractivity contribution is 5.82. The van der Waals surface area contributed by atoms with Crippen molar-refractivity contribution in [3.63, 3.8) is 0 Å². The predicted octanol–water partition coefficient (Wildman–Crippen LogP) is 3.64. The van der Waals surface area contributed by atoms with Crippen molar-refractivity contribution in [3.05, 3.63) is 59.3 Å². The second-order valence-electron chi connectivity index (χ2n) is 6.67. The number of hydrogen-bond donors (Lipinski definition) is 1. The topological polar surface area (TPSA) is 44.8 Å². The molecular weight excluding hydrogens is 284 g/mol. The summed E-state index contributed by atoms with van der Waals surface area (Å²) in [5.41, 5.74) is 5.12. The molecule has 0 fully saturated rings. The minimum absolute atomic E-state index is 0.378. The standard InChI is InChI=1S/C19H22N4/c1-13(2)19-21-10-15-7-9-23(12-17(15)22-19)11-16-5-3-4-14-6-8-20-18(14)16/h3-6,8,10,13,20H,7,9,11-12H2,1-2H3. The van der Waals surface area contributed by atoms with Gasteiger partial charge in [-0.2, -0.15) is 0 Å². The van der Waals surface area contributed by atoms with Crippen LogP contribution in [0.1, 0.15) is 42.4 Å². The SMILES string of the molecule is CC(C)c1ncc2c(n1)CN(Cc1cccc3cc[nH]c13)CC2. The molecule has 0 aliphatic carbocycles. The van der Waals surface area contributed by atoms with Crippen molar-refractivity contribution >= 4 is 10.9 Å². The third-order valence-electron chi connectivity index (χ3n) is 4.63. The van der Waals surface area contributed by atoms with Crippen molar-refractivity contribution in [2.75, 3.05) is 6.54 Å². The zero-order valence-electron chi connectivity index (χ0n) is 13.7. The summed E-state index contributed by atoms with van der Waals surface area (Å²) in [6.45, 7) is 7.23. The number of benzene rings is 1. The molecule has 3 aromatic rings. The Balaban J connectivity index is 1.58. The van der Waals surface area contributed by atoms with Crippen molar-refractivity contribution in [1.29, 1.82) is 0 Å². The minimum atomic E-state index is 0.378. The summed E-state index contributed by atoms with van der Waals surface area (Å²) in [4.78, 5) is 15.1. The van der Waals surface area contributed by atoms with Crippen LogP contribution < -0.4 is 0 Å². The number of aromatic nitrogens is 3. The van der Waals surface area contributed by atoms with E-state index in [-0.39, 0.29) is 0 Å². The Hall–Kier alpha value is -2.20. The van der Waals surface area contributed by atoms with E-state index in [1.54, 1.807) is 0 Å². The molecule has 1 aliphatic rings. The number of H-pyrrole nitrogens is 1. The fourth-order valence-electron chi connectivity index (χ4n) is 3.31. The highest BCUT2D eigenvalue weighted by Crippen LogP contribution is 2.23. The van der Waals surface area contributed by atoms with Gasteiger partial charge in [-0.05, 0) is 29.0 Å². The number of nitrogens with zero attached hydrogens (tertiary/aromatic N) is 3. The lowest BCUT2D eigenvalue weighted by atomic mass is 10.0. The highest BCUT2D eigenvalue weighted by atomic mass is 15.1. The van der Waals surface area contributed by atoms with Gasteiger partial charge < -0.3 is 4.98 Å². The maximum Gasteiger partial charge on any atom is 0.131 e. The van der Waals surface area contributed by atoms with E-state index in [0.29, 0.717) is 5.92 Å². The van der Waals surface area contributed by atoms with Gasteiger partial charge >= 0.3 is 0 Å². The van der Waals surface area contributed by atoms with Gasteiger partial charge in [-0.3, -0.25) is 4.90 Å². The number of fused-ring (bicyclic) bond motifs is 2. The molecule has 0 atom stereocenters. The van der Waals surface area contributed by atoms with Gasteiger partial charge in [0, 0.05) is 43.5 Å². The fraction of sp³-hybridized carbons (Fsp3) is 0.368. The summed E-state index contributed by atoms with van der Waals surface area (Å²) in [5.74, 6) is 1.33. The molecule has 4 nitrogen and oxygen atoms in total. The first-order valence-electron chi connectivity index (χ1n) is 8.33. The number of aromatic amines is 1. The average molecular weight is 306 g/mol. The maximum absolute atomic E-state index is 4.80. The summed E-state index contributed by atoms with van der Waals surface area (Å²) in [6, 6.07) is 8.64. The summed E-state index contributed by atoms with van der Waals surface area (Å²) in [5, 5.41) is 1.28. The third kappa shape index (κ3) is 2.75. The van der Waals surface area contributed by atoms with Crippen LogP contribution in [0.5, 0.6) is 0 Å². The maximum atomic E-state index is 4.80. The van der Waals surface area contributed by atoms with Crippen LogP contribution in [0, 0.1) is 0 Å². The third-order valence-corrected chi connectivity index (χ3v) is 4.63. The van der Waals surface area contributed by atoms with Crippen molar-refractivity contribution in [2.45, 2.75) is 39.3 Å². The van der Waals surface area contributed by atoms with Crippen LogP contribution >= 0.6 is 0 Å². The van der Waals surface area contributed by atoms with Gasteiger partial charge in [0.2, 0.25) is 0 Å². The van der Waals surface area contributed by atoms with E-state index in [9.17, 15) is 0 Å². The predicted molar refractivity (Wildman–Crippen MR) is 92.2 cm³/mol. The molecule has 0 saturated heterocycles. The van der Waals surface area contributed by atoms with Crippen LogP contribution in [0.3, 0.4) is 0 Å². The largest absolute Gasteiger partial charge is 0.361 e. The Kier molecular flexibility index (Phi) is 3.62. The molecule has 2 aromatic heterocycles. The normalized spacial score (nSPS) is 15.3. The Bertz CT molecular complexity index is 834. The molecular formula is C19H22N4. The Morgan fingerprint density at radius 2 is 2.17 bits per heavy atom.